The number of aromatic carboxylic acids is 1. The Kier molecular flexibility index (Phi) is 7.57. The van der Waals surface area contributed by atoms with E-state index in [2.05, 4.69) is 5.32 Å². The van der Waals surface area contributed by atoms with Crippen molar-refractivity contribution in [2.24, 2.45) is 5.92 Å². The standard InChI is InChI=1S/C20H23N3O5/c1-2-28-20(27)16-7-9-23(10-8-16)18(24)17(11-21)13-22-12-14-3-5-15(6-4-14)19(25)26/h3-6,13,16,22H,2,7-10,12H2,1H3,(H,25,26)/b17-13-. The molecule has 0 spiro atoms. The van der Waals surface area contributed by atoms with Gasteiger partial charge in [0.1, 0.15) is 11.6 Å². The van der Waals surface area contributed by atoms with Crippen LogP contribution in [0.5, 0.6) is 0 Å². The molecule has 1 fully saturated rings. The van der Waals surface area contributed by atoms with Crippen LogP contribution in [-0.4, -0.2) is 47.5 Å². The first-order chi connectivity index (χ1) is 13.5. The summed E-state index contributed by atoms with van der Waals surface area (Å²) in [7, 11) is 0. The van der Waals surface area contributed by atoms with Gasteiger partial charge in [-0.05, 0) is 37.5 Å². The Labute approximate surface area is 163 Å². The van der Waals surface area contributed by atoms with Crippen LogP contribution < -0.4 is 5.32 Å². The third kappa shape index (κ3) is 5.58. The molecule has 0 radical (unpaired) electrons. The van der Waals surface area contributed by atoms with Crippen molar-refractivity contribution >= 4 is 17.8 Å². The second-order valence-electron chi connectivity index (χ2n) is 6.37. The maximum absolute atomic E-state index is 12.5. The predicted octanol–water partition coefficient (Wildman–Crippen LogP) is 1.68. The molecule has 8 heteroatoms. The summed E-state index contributed by atoms with van der Waals surface area (Å²) in [4.78, 5) is 36.7. The van der Waals surface area contributed by atoms with Crippen molar-refractivity contribution in [1.29, 1.82) is 5.26 Å². The van der Waals surface area contributed by atoms with Crippen molar-refractivity contribution in [2.45, 2.75) is 26.3 Å². The van der Waals surface area contributed by atoms with Crippen molar-refractivity contribution in [3.8, 4) is 6.07 Å². The quantitative estimate of drug-likeness (QED) is 0.416. The van der Waals surface area contributed by atoms with Crippen LogP contribution in [0.1, 0.15) is 35.7 Å². The number of hydrogen-bond donors (Lipinski definition) is 2. The molecule has 1 amide bonds. The van der Waals surface area contributed by atoms with Gasteiger partial charge < -0.3 is 20.1 Å². The van der Waals surface area contributed by atoms with Gasteiger partial charge in [-0.15, -0.1) is 0 Å². The number of nitriles is 1. The lowest BCUT2D eigenvalue weighted by Crippen LogP contribution is -2.41. The summed E-state index contributed by atoms with van der Waals surface area (Å²) in [5.74, 6) is -1.81. The van der Waals surface area contributed by atoms with E-state index in [1.807, 2.05) is 6.07 Å². The Morgan fingerprint density at radius 3 is 2.46 bits per heavy atom. The van der Waals surface area contributed by atoms with Crippen LogP contribution in [0.3, 0.4) is 0 Å². The highest BCUT2D eigenvalue weighted by molar-refractivity contribution is 5.97. The van der Waals surface area contributed by atoms with Crippen molar-refractivity contribution in [1.82, 2.24) is 10.2 Å². The van der Waals surface area contributed by atoms with Crippen LogP contribution in [0, 0.1) is 17.2 Å². The number of esters is 1. The highest BCUT2D eigenvalue weighted by Gasteiger charge is 2.29. The Balaban J connectivity index is 1.88. The molecule has 1 aromatic rings. The molecule has 0 aromatic heterocycles. The molecule has 1 saturated heterocycles. The van der Waals surface area contributed by atoms with Crippen LogP contribution in [0.2, 0.25) is 0 Å². The minimum atomic E-state index is -0.997. The number of carboxylic acids is 1. The predicted molar refractivity (Wildman–Crippen MR) is 99.9 cm³/mol. The highest BCUT2D eigenvalue weighted by Crippen LogP contribution is 2.20. The van der Waals surface area contributed by atoms with Crippen LogP contribution in [0.15, 0.2) is 36.0 Å². The van der Waals surface area contributed by atoms with Gasteiger partial charge in [0.15, 0.2) is 0 Å². The van der Waals surface area contributed by atoms with Gasteiger partial charge in [-0.1, -0.05) is 12.1 Å². The molecule has 1 aromatic carbocycles. The SMILES string of the molecule is CCOC(=O)C1CCN(C(=O)/C(C#N)=C\NCc2ccc(C(=O)O)cc2)CC1. The van der Waals surface area contributed by atoms with Crippen molar-refractivity contribution in [3.63, 3.8) is 0 Å². The number of hydrogen-bond acceptors (Lipinski definition) is 6. The zero-order valence-electron chi connectivity index (χ0n) is 15.7. The average Bonchev–Trinajstić information content (AvgIpc) is 2.71. The fraction of sp³-hybridized carbons (Fsp3) is 0.400. The Morgan fingerprint density at radius 2 is 1.93 bits per heavy atom. The van der Waals surface area contributed by atoms with Gasteiger partial charge in [0.2, 0.25) is 0 Å². The third-order valence-electron chi connectivity index (χ3n) is 4.51. The fourth-order valence-corrected chi connectivity index (χ4v) is 2.93. The first kappa shape index (κ1) is 21.0. The summed E-state index contributed by atoms with van der Waals surface area (Å²) in [6, 6.07) is 8.22. The molecule has 1 aliphatic heterocycles. The Bertz CT molecular complexity index is 787. The largest absolute Gasteiger partial charge is 0.478 e. The van der Waals surface area contributed by atoms with Crippen LogP contribution >= 0.6 is 0 Å². The van der Waals surface area contributed by atoms with Gasteiger partial charge in [-0.3, -0.25) is 9.59 Å². The molecule has 1 heterocycles. The summed E-state index contributed by atoms with van der Waals surface area (Å²) in [5, 5.41) is 21.1. The molecule has 0 aliphatic carbocycles. The van der Waals surface area contributed by atoms with Crippen LogP contribution in [-0.2, 0) is 20.9 Å². The Hall–Kier alpha value is -3.34. The van der Waals surface area contributed by atoms with Crippen LogP contribution in [0.25, 0.3) is 0 Å². The molecule has 0 saturated carbocycles. The normalized spacial score (nSPS) is 14.9. The number of nitrogens with one attached hydrogen (secondary N) is 1. The van der Waals surface area contributed by atoms with Gasteiger partial charge in [0, 0.05) is 25.8 Å². The van der Waals surface area contributed by atoms with E-state index in [4.69, 9.17) is 9.84 Å². The molecule has 148 valence electrons. The lowest BCUT2D eigenvalue weighted by molar-refractivity contribution is -0.150. The van der Waals surface area contributed by atoms with E-state index < -0.39 is 5.97 Å². The van der Waals surface area contributed by atoms with Gasteiger partial charge >= 0.3 is 11.9 Å². The Morgan fingerprint density at radius 1 is 1.29 bits per heavy atom. The highest BCUT2D eigenvalue weighted by atomic mass is 16.5. The molecule has 2 rings (SSSR count). The smallest absolute Gasteiger partial charge is 0.335 e. The average molecular weight is 385 g/mol. The van der Waals surface area contributed by atoms with Crippen molar-refractivity contribution in [3.05, 3.63) is 47.2 Å². The fourth-order valence-electron chi connectivity index (χ4n) is 2.93. The summed E-state index contributed by atoms with van der Waals surface area (Å²) >= 11 is 0. The number of benzene rings is 1. The van der Waals surface area contributed by atoms with Crippen molar-refractivity contribution in [2.75, 3.05) is 19.7 Å². The topological polar surface area (TPSA) is 120 Å². The zero-order chi connectivity index (χ0) is 20.5. The second kappa shape index (κ2) is 10.1. The molecule has 8 nitrogen and oxygen atoms in total. The number of carbonyl (C=O) groups is 3. The summed E-state index contributed by atoms with van der Waals surface area (Å²) in [6.45, 7) is 3.25. The lowest BCUT2D eigenvalue weighted by Gasteiger charge is -2.30. The number of piperidine rings is 1. The van der Waals surface area contributed by atoms with Gasteiger partial charge in [0.05, 0.1) is 18.1 Å². The first-order valence-corrected chi connectivity index (χ1v) is 9.08. The minimum Gasteiger partial charge on any atom is -0.478 e. The number of rotatable bonds is 7. The number of carbonyl (C=O) groups excluding carboxylic acids is 2. The zero-order valence-corrected chi connectivity index (χ0v) is 15.7. The van der Waals surface area contributed by atoms with E-state index in [1.54, 1.807) is 24.0 Å². The third-order valence-corrected chi connectivity index (χ3v) is 4.51. The molecule has 0 atom stereocenters. The lowest BCUT2D eigenvalue weighted by atomic mass is 9.96. The monoisotopic (exact) mass is 385 g/mol. The maximum Gasteiger partial charge on any atom is 0.335 e. The maximum atomic E-state index is 12.5. The molecule has 28 heavy (non-hydrogen) atoms. The summed E-state index contributed by atoms with van der Waals surface area (Å²) in [6.07, 6.45) is 2.41. The molecule has 2 N–H and O–H groups in total. The van der Waals surface area contributed by atoms with E-state index in [0.717, 1.165) is 5.56 Å². The minimum absolute atomic E-state index is 0.0169. The van der Waals surface area contributed by atoms with E-state index in [0.29, 0.717) is 39.1 Å². The number of nitrogens with zero attached hydrogens (tertiary/aromatic N) is 2. The van der Waals surface area contributed by atoms with Gasteiger partial charge in [0.25, 0.3) is 5.91 Å². The molecule has 1 aliphatic rings. The van der Waals surface area contributed by atoms with Gasteiger partial charge in [-0.25, -0.2) is 4.79 Å². The van der Waals surface area contributed by atoms with Crippen molar-refractivity contribution < 1.29 is 24.2 Å². The summed E-state index contributed by atoms with van der Waals surface area (Å²) in [5.41, 5.74) is 0.997. The number of likely N-dealkylation sites (tertiary alicyclic amines) is 1. The molecular weight excluding hydrogens is 362 g/mol. The molecule has 0 unspecified atom stereocenters. The van der Waals surface area contributed by atoms with E-state index in [1.165, 1.54) is 18.3 Å². The molecular formula is C20H23N3O5. The van der Waals surface area contributed by atoms with E-state index in [-0.39, 0.29) is 28.9 Å². The van der Waals surface area contributed by atoms with E-state index in [9.17, 15) is 19.6 Å². The molecule has 0 bridgehead atoms. The van der Waals surface area contributed by atoms with Crippen LogP contribution in [0.4, 0.5) is 0 Å². The number of carboxylic acid groups (broad SMARTS) is 1. The first-order valence-electron chi connectivity index (χ1n) is 9.08. The second-order valence-corrected chi connectivity index (χ2v) is 6.37. The number of ether oxygens (including phenoxy) is 1. The van der Waals surface area contributed by atoms with E-state index >= 15 is 0 Å². The number of amides is 1. The summed E-state index contributed by atoms with van der Waals surface area (Å²) < 4.78 is 5.01. The van der Waals surface area contributed by atoms with Gasteiger partial charge in [-0.2, -0.15) is 5.26 Å².